The van der Waals surface area contributed by atoms with E-state index < -0.39 is 10.0 Å². The second-order valence-electron chi connectivity index (χ2n) is 4.81. The Bertz CT molecular complexity index is 311. The molecule has 1 unspecified atom stereocenters. The highest BCUT2D eigenvalue weighted by Gasteiger charge is 2.23. The van der Waals surface area contributed by atoms with Crippen molar-refractivity contribution in [3.8, 4) is 0 Å². The number of hydrogen-bond acceptors (Lipinski definition) is 4. The highest BCUT2D eigenvalue weighted by atomic mass is 32.2. The van der Waals surface area contributed by atoms with Gasteiger partial charge in [0.05, 0.1) is 18.5 Å². The summed E-state index contributed by atoms with van der Waals surface area (Å²) in [5.41, 5.74) is 0. The zero-order valence-corrected chi connectivity index (χ0v) is 11.8. The van der Waals surface area contributed by atoms with Gasteiger partial charge in [0.2, 0.25) is 10.0 Å². The maximum absolute atomic E-state index is 11.9. The lowest BCUT2D eigenvalue weighted by molar-refractivity contribution is 0.0907. The Hall–Kier alpha value is -0.170. The van der Waals surface area contributed by atoms with Gasteiger partial charge < -0.3 is 10.1 Å². The van der Waals surface area contributed by atoms with E-state index in [2.05, 4.69) is 5.32 Å². The van der Waals surface area contributed by atoms with Crippen LogP contribution in [0.25, 0.3) is 0 Å². The van der Waals surface area contributed by atoms with E-state index in [1.54, 1.807) is 7.05 Å². The molecule has 102 valence electrons. The van der Waals surface area contributed by atoms with Crippen LogP contribution in [0.2, 0.25) is 0 Å². The zero-order chi connectivity index (χ0) is 12.9. The van der Waals surface area contributed by atoms with Crippen molar-refractivity contribution < 1.29 is 13.2 Å². The summed E-state index contributed by atoms with van der Waals surface area (Å²) in [6.07, 6.45) is 2.27. The number of rotatable bonds is 7. The SMILES string of the molecule is CC(C)OCCS(=O)(=O)N(C)CC1CCCN1. The van der Waals surface area contributed by atoms with Gasteiger partial charge in [-0.05, 0) is 33.2 Å². The first-order valence-electron chi connectivity index (χ1n) is 6.21. The Morgan fingerprint density at radius 3 is 2.71 bits per heavy atom. The standard InChI is InChI=1S/C11H24N2O3S/c1-10(2)16-7-8-17(14,15)13(3)9-11-5-4-6-12-11/h10-12H,4-9H2,1-3H3. The van der Waals surface area contributed by atoms with E-state index in [1.165, 1.54) is 4.31 Å². The van der Waals surface area contributed by atoms with Crippen LogP contribution < -0.4 is 5.32 Å². The molecule has 0 radical (unpaired) electrons. The number of nitrogens with zero attached hydrogens (tertiary/aromatic N) is 1. The number of sulfonamides is 1. The summed E-state index contributed by atoms with van der Waals surface area (Å²) in [6, 6.07) is 0.306. The molecule has 6 heteroatoms. The van der Waals surface area contributed by atoms with Crippen LogP contribution in [0.15, 0.2) is 0 Å². The third-order valence-corrected chi connectivity index (χ3v) is 4.69. The predicted molar refractivity (Wildman–Crippen MR) is 68.5 cm³/mol. The van der Waals surface area contributed by atoms with Crippen LogP contribution in [0.3, 0.4) is 0 Å². The van der Waals surface area contributed by atoms with Crippen molar-refractivity contribution in [3.63, 3.8) is 0 Å². The zero-order valence-electron chi connectivity index (χ0n) is 11.0. The lowest BCUT2D eigenvalue weighted by atomic mass is 10.2. The number of likely N-dealkylation sites (N-methyl/N-ethyl adjacent to an activating group) is 1. The molecule has 0 saturated carbocycles. The molecule has 17 heavy (non-hydrogen) atoms. The fourth-order valence-electron chi connectivity index (χ4n) is 1.88. The molecule has 1 atom stereocenters. The van der Waals surface area contributed by atoms with E-state index in [1.807, 2.05) is 13.8 Å². The average Bonchev–Trinajstić information content (AvgIpc) is 2.69. The highest BCUT2D eigenvalue weighted by Crippen LogP contribution is 2.09. The number of nitrogens with one attached hydrogen (secondary N) is 1. The lowest BCUT2D eigenvalue weighted by Crippen LogP contribution is -2.40. The Balaban J connectivity index is 2.34. The van der Waals surface area contributed by atoms with Crippen molar-refractivity contribution >= 4 is 10.0 Å². The third kappa shape index (κ3) is 5.33. The second-order valence-corrected chi connectivity index (χ2v) is 7.00. The number of hydrogen-bond donors (Lipinski definition) is 1. The molecule has 1 aliphatic heterocycles. The van der Waals surface area contributed by atoms with E-state index in [9.17, 15) is 8.42 Å². The second kappa shape index (κ2) is 6.68. The van der Waals surface area contributed by atoms with Crippen LogP contribution in [-0.2, 0) is 14.8 Å². The molecule has 1 fully saturated rings. The van der Waals surface area contributed by atoms with Gasteiger partial charge in [0.1, 0.15) is 0 Å². The van der Waals surface area contributed by atoms with Gasteiger partial charge in [-0.25, -0.2) is 12.7 Å². The van der Waals surface area contributed by atoms with Crippen LogP contribution in [0.4, 0.5) is 0 Å². The van der Waals surface area contributed by atoms with Crippen LogP contribution >= 0.6 is 0 Å². The maximum Gasteiger partial charge on any atom is 0.216 e. The van der Waals surface area contributed by atoms with Gasteiger partial charge in [-0.15, -0.1) is 0 Å². The van der Waals surface area contributed by atoms with Gasteiger partial charge in [0.15, 0.2) is 0 Å². The van der Waals surface area contributed by atoms with Gasteiger partial charge >= 0.3 is 0 Å². The summed E-state index contributed by atoms with van der Waals surface area (Å²) < 4.78 is 30.6. The quantitative estimate of drug-likeness (QED) is 0.724. The fourth-order valence-corrected chi connectivity index (χ4v) is 2.91. The maximum atomic E-state index is 11.9. The molecule has 0 aliphatic carbocycles. The summed E-state index contributed by atoms with van der Waals surface area (Å²) in [4.78, 5) is 0. The minimum Gasteiger partial charge on any atom is -0.378 e. The Kier molecular flexibility index (Phi) is 5.85. The van der Waals surface area contributed by atoms with Gasteiger partial charge in [-0.2, -0.15) is 0 Å². The smallest absolute Gasteiger partial charge is 0.216 e. The fraction of sp³-hybridized carbons (Fsp3) is 1.00. The molecule has 0 bridgehead atoms. The van der Waals surface area contributed by atoms with Crippen molar-refractivity contribution in [2.75, 3.05) is 32.5 Å². The molecule has 0 aromatic heterocycles. The van der Waals surface area contributed by atoms with Gasteiger partial charge in [-0.3, -0.25) is 0 Å². The molecular formula is C11H24N2O3S. The van der Waals surface area contributed by atoms with Crippen LogP contribution in [-0.4, -0.2) is 57.4 Å². The van der Waals surface area contributed by atoms with E-state index >= 15 is 0 Å². The summed E-state index contributed by atoms with van der Waals surface area (Å²) in [6.45, 7) is 5.62. The molecule has 1 aliphatic rings. The van der Waals surface area contributed by atoms with Crippen molar-refractivity contribution in [2.24, 2.45) is 0 Å². The molecule has 1 heterocycles. The lowest BCUT2D eigenvalue weighted by Gasteiger charge is -2.21. The minimum absolute atomic E-state index is 0.0639. The number of ether oxygens (including phenoxy) is 1. The Morgan fingerprint density at radius 1 is 1.47 bits per heavy atom. The Morgan fingerprint density at radius 2 is 2.18 bits per heavy atom. The molecule has 1 N–H and O–H groups in total. The first kappa shape index (κ1) is 14.9. The average molecular weight is 264 g/mol. The predicted octanol–water partition coefficient (Wildman–Crippen LogP) is 0.425. The summed E-state index contributed by atoms with van der Waals surface area (Å²) in [5, 5.41) is 3.30. The third-order valence-electron chi connectivity index (χ3n) is 2.91. The topological polar surface area (TPSA) is 58.6 Å². The molecule has 0 aromatic carbocycles. The van der Waals surface area contributed by atoms with E-state index in [-0.39, 0.29) is 18.5 Å². The molecule has 1 rings (SSSR count). The largest absolute Gasteiger partial charge is 0.378 e. The van der Waals surface area contributed by atoms with Crippen molar-refractivity contribution in [2.45, 2.75) is 38.8 Å². The van der Waals surface area contributed by atoms with Gasteiger partial charge in [0, 0.05) is 19.6 Å². The molecule has 1 saturated heterocycles. The summed E-state index contributed by atoms with van der Waals surface area (Å²) >= 11 is 0. The Labute approximate surface area is 105 Å². The molecule has 0 spiro atoms. The minimum atomic E-state index is -3.18. The molecular weight excluding hydrogens is 240 g/mol. The van der Waals surface area contributed by atoms with E-state index in [0.29, 0.717) is 12.6 Å². The van der Waals surface area contributed by atoms with Crippen molar-refractivity contribution in [1.82, 2.24) is 9.62 Å². The monoisotopic (exact) mass is 264 g/mol. The summed E-state index contributed by atoms with van der Waals surface area (Å²) in [7, 11) is -1.53. The molecule has 5 nitrogen and oxygen atoms in total. The summed E-state index contributed by atoms with van der Waals surface area (Å²) in [5.74, 6) is 0.0639. The molecule has 0 amide bonds. The molecule has 0 aromatic rings. The van der Waals surface area contributed by atoms with Gasteiger partial charge in [-0.1, -0.05) is 0 Å². The van der Waals surface area contributed by atoms with Crippen molar-refractivity contribution in [1.29, 1.82) is 0 Å². The highest BCUT2D eigenvalue weighted by molar-refractivity contribution is 7.89. The van der Waals surface area contributed by atoms with Gasteiger partial charge in [0.25, 0.3) is 0 Å². The van der Waals surface area contributed by atoms with Crippen LogP contribution in [0.1, 0.15) is 26.7 Å². The normalized spacial score (nSPS) is 21.6. The van der Waals surface area contributed by atoms with Crippen LogP contribution in [0.5, 0.6) is 0 Å². The first-order valence-corrected chi connectivity index (χ1v) is 7.81. The van der Waals surface area contributed by atoms with E-state index in [0.717, 1.165) is 19.4 Å². The first-order chi connectivity index (χ1) is 7.92. The van der Waals surface area contributed by atoms with E-state index in [4.69, 9.17) is 4.74 Å². The van der Waals surface area contributed by atoms with Crippen molar-refractivity contribution in [3.05, 3.63) is 0 Å². The van der Waals surface area contributed by atoms with Crippen LogP contribution in [0, 0.1) is 0 Å².